The van der Waals surface area contributed by atoms with E-state index in [1.807, 2.05) is 54.6 Å². The lowest BCUT2D eigenvalue weighted by atomic mass is 10.1. The zero-order chi connectivity index (χ0) is 22.8. The zero-order valence-electron chi connectivity index (χ0n) is 18.0. The SMILES string of the molecule is O=c1c2ccccc2c(-c2ccccc2)nn1CN1CCN(S(=O)(=O)c2ccccc2)CC1. The summed E-state index contributed by atoms with van der Waals surface area (Å²) < 4.78 is 28.8. The minimum Gasteiger partial charge on any atom is -0.282 e. The largest absolute Gasteiger partial charge is 0.282 e. The van der Waals surface area contributed by atoms with Crippen molar-refractivity contribution in [3.8, 4) is 11.3 Å². The first-order valence-electron chi connectivity index (χ1n) is 10.9. The average Bonchev–Trinajstić information content (AvgIpc) is 2.87. The van der Waals surface area contributed by atoms with Gasteiger partial charge in [0.25, 0.3) is 5.56 Å². The van der Waals surface area contributed by atoms with E-state index in [1.54, 1.807) is 30.3 Å². The van der Waals surface area contributed by atoms with Gasteiger partial charge in [-0.15, -0.1) is 0 Å². The number of fused-ring (bicyclic) bond motifs is 1. The second kappa shape index (κ2) is 8.90. The summed E-state index contributed by atoms with van der Waals surface area (Å²) in [5.41, 5.74) is 1.56. The highest BCUT2D eigenvalue weighted by Gasteiger charge is 2.28. The Bertz CT molecular complexity index is 1430. The fourth-order valence-electron chi connectivity index (χ4n) is 4.18. The third kappa shape index (κ3) is 4.20. The molecule has 1 saturated heterocycles. The van der Waals surface area contributed by atoms with E-state index < -0.39 is 10.0 Å². The first kappa shape index (κ1) is 21.5. The maximum Gasteiger partial charge on any atom is 0.275 e. The molecule has 1 aromatic heterocycles. The van der Waals surface area contributed by atoms with E-state index in [9.17, 15) is 13.2 Å². The van der Waals surface area contributed by atoms with Crippen molar-refractivity contribution in [3.05, 3.63) is 95.3 Å². The molecule has 0 bridgehead atoms. The normalized spacial score (nSPS) is 15.6. The van der Waals surface area contributed by atoms with Crippen molar-refractivity contribution in [2.24, 2.45) is 0 Å². The highest BCUT2D eigenvalue weighted by molar-refractivity contribution is 7.89. The van der Waals surface area contributed by atoms with Gasteiger partial charge < -0.3 is 0 Å². The van der Waals surface area contributed by atoms with Crippen LogP contribution in [0.5, 0.6) is 0 Å². The fourth-order valence-corrected chi connectivity index (χ4v) is 5.63. The summed E-state index contributed by atoms with van der Waals surface area (Å²) in [6.07, 6.45) is 0. The molecule has 2 heterocycles. The highest BCUT2D eigenvalue weighted by atomic mass is 32.2. The van der Waals surface area contributed by atoms with E-state index in [0.717, 1.165) is 16.6 Å². The van der Waals surface area contributed by atoms with E-state index >= 15 is 0 Å². The molecule has 0 unspecified atom stereocenters. The van der Waals surface area contributed by atoms with Crippen LogP contribution in [-0.2, 0) is 16.7 Å². The van der Waals surface area contributed by atoms with Crippen LogP contribution in [0.3, 0.4) is 0 Å². The Morgan fingerprint density at radius 2 is 1.30 bits per heavy atom. The van der Waals surface area contributed by atoms with Gasteiger partial charge >= 0.3 is 0 Å². The molecule has 0 atom stereocenters. The van der Waals surface area contributed by atoms with E-state index in [-0.39, 0.29) is 5.56 Å². The van der Waals surface area contributed by atoms with Crippen molar-refractivity contribution < 1.29 is 8.42 Å². The lowest BCUT2D eigenvalue weighted by Crippen LogP contribution is -2.49. The van der Waals surface area contributed by atoms with Crippen molar-refractivity contribution in [3.63, 3.8) is 0 Å². The molecule has 0 radical (unpaired) electrons. The molecule has 0 aliphatic carbocycles. The standard InChI is InChI=1S/C25H24N4O3S/c30-25-23-14-8-7-13-22(23)24(20-9-3-1-4-10-20)26-29(25)19-27-15-17-28(18-16-27)33(31,32)21-11-5-2-6-12-21/h1-14H,15-19H2. The van der Waals surface area contributed by atoms with Gasteiger partial charge in [-0.1, -0.05) is 66.7 Å². The molecule has 5 rings (SSSR count). The smallest absolute Gasteiger partial charge is 0.275 e. The van der Waals surface area contributed by atoms with Gasteiger partial charge in [0.2, 0.25) is 10.0 Å². The molecule has 0 amide bonds. The fraction of sp³-hybridized carbons (Fsp3) is 0.200. The van der Waals surface area contributed by atoms with Gasteiger partial charge in [-0.25, -0.2) is 13.1 Å². The molecule has 33 heavy (non-hydrogen) atoms. The summed E-state index contributed by atoms with van der Waals surface area (Å²) in [5, 5.41) is 6.16. The molecule has 4 aromatic rings. The predicted molar refractivity (Wildman–Crippen MR) is 128 cm³/mol. The summed E-state index contributed by atoms with van der Waals surface area (Å²) in [6, 6.07) is 25.8. The van der Waals surface area contributed by atoms with E-state index in [0.29, 0.717) is 43.1 Å². The van der Waals surface area contributed by atoms with Crippen LogP contribution in [0.1, 0.15) is 0 Å². The topological polar surface area (TPSA) is 75.5 Å². The van der Waals surface area contributed by atoms with Crippen molar-refractivity contribution >= 4 is 20.8 Å². The molecule has 0 N–H and O–H groups in total. The van der Waals surface area contributed by atoms with Gasteiger partial charge in [-0.05, 0) is 18.2 Å². The molecule has 0 spiro atoms. The number of hydrogen-bond acceptors (Lipinski definition) is 5. The minimum absolute atomic E-state index is 0.149. The van der Waals surface area contributed by atoms with Crippen molar-refractivity contribution in [1.82, 2.24) is 19.0 Å². The predicted octanol–water partition coefficient (Wildman–Crippen LogP) is 3.03. The maximum atomic E-state index is 13.2. The second-order valence-corrected chi connectivity index (χ2v) is 9.98. The molecule has 1 aliphatic rings. The molecule has 0 saturated carbocycles. The lowest BCUT2D eigenvalue weighted by molar-refractivity contribution is 0.143. The van der Waals surface area contributed by atoms with Crippen LogP contribution in [0, 0.1) is 0 Å². The van der Waals surface area contributed by atoms with E-state index in [1.165, 1.54) is 8.99 Å². The Kier molecular flexibility index (Phi) is 5.80. The van der Waals surface area contributed by atoms with E-state index in [4.69, 9.17) is 5.10 Å². The van der Waals surface area contributed by atoms with Crippen LogP contribution in [0.4, 0.5) is 0 Å². The molecule has 7 nitrogen and oxygen atoms in total. The van der Waals surface area contributed by atoms with Crippen LogP contribution in [0.25, 0.3) is 22.0 Å². The second-order valence-electron chi connectivity index (χ2n) is 8.04. The van der Waals surface area contributed by atoms with Gasteiger partial charge in [0.05, 0.1) is 22.6 Å². The molecule has 1 fully saturated rings. The van der Waals surface area contributed by atoms with Gasteiger partial charge in [-0.2, -0.15) is 9.40 Å². The maximum absolute atomic E-state index is 13.2. The first-order chi connectivity index (χ1) is 16.0. The van der Waals surface area contributed by atoms with Crippen molar-refractivity contribution in [1.29, 1.82) is 0 Å². The summed E-state index contributed by atoms with van der Waals surface area (Å²) in [6.45, 7) is 2.08. The molecular formula is C25H24N4O3S. The summed E-state index contributed by atoms with van der Waals surface area (Å²) in [7, 11) is -3.52. The Hall–Kier alpha value is -3.33. The molecule has 3 aromatic carbocycles. The number of sulfonamides is 1. The van der Waals surface area contributed by atoms with Crippen LogP contribution < -0.4 is 5.56 Å². The zero-order valence-corrected chi connectivity index (χ0v) is 18.9. The molecule has 1 aliphatic heterocycles. The first-order valence-corrected chi connectivity index (χ1v) is 12.3. The van der Waals surface area contributed by atoms with Crippen molar-refractivity contribution in [2.75, 3.05) is 26.2 Å². The summed E-state index contributed by atoms with van der Waals surface area (Å²) in [4.78, 5) is 15.5. The average molecular weight is 461 g/mol. The van der Waals surface area contributed by atoms with Crippen LogP contribution >= 0.6 is 0 Å². The highest BCUT2D eigenvalue weighted by Crippen LogP contribution is 2.24. The van der Waals surface area contributed by atoms with Gasteiger partial charge in [0, 0.05) is 37.1 Å². The van der Waals surface area contributed by atoms with Crippen LogP contribution in [0.2, 0.25) is 0 Å². The third-order valence-corrected chi connectivity index (χ3v) is 7.87. The van der Waals surface area contributed by atoms with Gasteiger partial charge in [0.15, 0.2) is 0 Å². The number of rotatable bonds is 5. The van der Waals surface area contributed by atoms with Gasteiger partial charge in [-0.3, -0.25) is 9.69 Å². The Balaban J connectivity index is 1.40. The Morgan fingerprint density at radius 1 is 0.727 bits per heavy atom. The van der Waals surface area contributed by atoms with Crippen LogP contribution in [0.15, 0.2) is 94.6 Å². The number of nitrogens with zero attached hydrogens (tertiary/aromatic N) is 4. The van der Waals surface area contributed by atoms with E-state index in [2.05, 4.69) is 4.90 Å². The monoisotopic (exact) mass is 460 g/mol. The van der Waals surface area contributed by atoms with Crippen LogP contribution in [-0.4, -0.2) is 53.6 Å². The summed E-state index contributed by atoms with van der Waals surface area (Å²) >= 11 is 0. The number of aromatic nitrogens is 2. The van der Waals surface area contributed by atoms with Gasteiger partial charge in [0.1, 0.15) is 0 Å². The van der Waals surface area contributed by atoms with Crippen molar-refractivity contribution in [2.45, 2.75) is 11.6 Å². The molecule has 8 heteroatoms. The number of hydrogen-bond donors (Lipinski definition) is 0. The molecule has 168 valence electrons. The Morgan fingerprint density at radius 3 is 1.97 bits per heavy atom. The lowest BCUT2D eigenvalue weighted by Gasteiger charge is -2.33. The number of benzene rings is 3. The molecular weight excluding hydrogens is 436 g/mol. The summed E-state index contributed by atoms with van der Waals surface area (Å²) in [5.74, 6) is 0. The third-order valence-electron chi connectivity index (χ3n) is 5.96. The number of piperazine rings is 1. The Labute approximate surface area is 192 Å². The quantitative estimate of drug-likeness (QED) is 0.458. The minimum atomic E-state index is -3.52.